The molecule has 0 radical (unpaired) electrons. The Morgan fingerprint density at radius 2 is 1.86 bits per heavy atom. The molecular weight excluding hydrogens is 300 g/mol. The van der Waals surface area contributed by atoms with Crippen molar-refractivity contribution in [2.75, 3.05) is 0 Å². The predicted molar refractivity (Wildman–Crippen MR) is 84.8 cm³/mol. The van der Waals surface area contributed by atoms with Crippen molar-refractivity contribution in [2.45, 2.75) is 44.7 Å². The maximum absolute atomic E-state index is 12.5. The maximum atomic E-state index is 12.5. The van der Waals surface area contributed by atoms with Gasteiger partial charge in [0.2, 0.25) is 0 Å². The van der Waals surface area contributed by atoms with Crippen LogP contribution in [0.4, 0.5) is 0 Å². The third kappa shape index (κ3) is 3.72. The molecular formula is C15H22N4O2S. The largest absolute Gasteiger partial charge is 0.332 e. The number of pyridine rings is 1. The van der Waals surface area contributed by atoms with Crippen LogP contribution in [0.15, 0.2) is 35.6 Å². The van der Waals surface area contributed by atoms with Gasteiger partial charge in [0.15, 0.2) is 5.03 Å². The number of hydrogen-bond donors (Lipinski definition) is 2. The molecule has 1 unspecified atom stereocenters. The molecule has 0 saturated carbocycles. The van der Waals surface area contributed by atoms with Gasteiger partial charge in [0, 0.05) is 12.1 Å². The lowest BCUT2D eigenvalue weighted by Crippen LogP contribution is -2.32. The molecule has 7 heteroatoms. The molecule has 0 aliphatic carbocycles. The average Bonchev–Trinajstić information content (AvgIpc) is 2.96. The number of nitrogens with zero attached hydrogens (tertiary/aromatic N) is 2. The van der Waals surface area contributed by atoms with Crippen LogP contribution in [0, 0.1) is 5.92 Å². The number of rotatable bonds is 6. The van der Waals surface area contributed by atoms with Crippen LogP contribution in [0.25, 0.3) is 0 Å². The highest BCUT2D eigenvalue weighted by atomic mass is 32.2. The summed E-state index contributed by atoms with van der Waals surface area (Å²) >= 11 is 0. The lowest BCUT2D eigenvalue weighted by atomic mass is 10.0. The van der Waals surface area contributed by atoms with Crippen LogP contribution < -0.4 is 4.72 Å². The number of aromatic nitrogens is 3. The summed E-state index contributed by atoms with van der Waals surface area (Å²) in [5.41, 5.74) is 0.699. The van der Waals surface area contributed by atoms with Gasteiger partial charge in [-0.25, -0.2) is 18.1 Å². The normalized spacial score (nSPS) is 13.7. The number of aromatic amines is 1. The molecule has 2 N–H and O–H groups in total. The lowest BCUT2D eigenvalue weighted by Gasteiger charge is -2.21. The fourth-order valence-corrected chi connectivity index (χ4v) is 3.36. The summed E-state index contributed by atoms with van der Waals surface area (Å²) in [6.07, 6.45) is 3.01. The van der Waals surface area contributed by atoms with E-state index < -0.39 is 16.1 Å². The van der Waals surface area contributed by atoms with Crippen LogP contribution in [0.5, 0.6) is 0 Å². The quantitative estimate of drug-likeness (QED) is 0.855. The van der Waals surface area contributed by atoms with Crippen molar-refractivity contribution in [1.82, 2.24) is 19.7 Å². The van der Waals surface area contributed by atoms with Gasteiger partial charge >= 0.3 is 0 Å². The highest BCUT2D eigenvalue weighted by Crippen LogP contribution is 2.22. The number of H-pyrrole nitrogens is 1. The molecule has 0 aromatic carbocycles. The molecule has 120 valence electrons. The van der Waals surface area contributed by atoms with Crippen LogP contribution in [0.3, 0.4) is 0 Å². The molecule has 0 saturated heterocycles. The zero-order valence-electron chi connectivity index (χ0n) is 13.2. The molecule has 2 rings (SSSR count). The first-order valence-corrected chi connectivity index (χ1v) is 8.77. The fourth-order valence-electron chi connectivity index (χ4n) is 2.08. The summed E-state index contributed by atoms with van der Waals surface area (Å²) in [6, 6.07) is 5.08. The van der Waals surface area contributed by atoms with Crippen LogP contribution >= 0.6 is 0 Å². The third-order valence-corrected chi connectivity index (χ3v) is 4.71. The second-order valence-corrected chi connectivity index (χ2v) is 7.57. The molecule has 0 bridgehead atoms. The monoisotopic (exact) mass is 322 g/mol. The molecule has 1 atom stereocenters. The zero-order valence-corrected chi connectivity index (χ0v) is 14.1. The first-order valence-electron chi connectivity index (χ1n) is 7.29. The van der Waals surface area contributed by atoms with Crippen molar-refractivity contribution < 1.29 is 8.42 Å². The lowest BCUT2D eigenvalue weighted by molar-refractivity contribution is 0.453. The van der Waals surface area contributed by atoms with Crippen molar-refractivity contribution in [1.29, 1.82) is 0 Å². The molecule has 0 aliphatic rings. The average molecular weight is 322 g/mol. The molecule has 0 aliphatic heterocycles. The van der Waals surface area contributed by atoms with Crippen molar-refractivity contribution in [3.63, 3.8) is 0 Å². The van der Waals surface area contributed by atoms with Crippen molar-refractivity contribution in [3.8, 4) is 0 Å². The minimum absolute atomic E-state index is 0.0668. The second kappa shape index (κ2) is 6.58. The van der Waals surface area contributed by atoms with Gasteiger partial charge in [-0.15, -0.1) is 0 Å². The Balaban J connectivity index is 2.28. The van der Waals surface area contributed by atoms with E-state index in [0.717, 1.165) is 0 Å². The first-order chi connectivity index (χ1) is 10.3. The van der Waals surface area contributed by atoms with Gasteiger partial charge in [-0.05, 0) is 18.1 Å². The summed E-state index contributed by atoms with van der Waals surface area (Å²) in [4.78, 5) is 11.2. The standard InChI is InChI=1S/C15H22N4O2S/c1-10(2)14(12-7-5-6-8-16-12)19-22(20,21)13-9-17-15(18-13)11(3)4/h5-11,14,19H,1-4H3,(H,17,18). The molecule has 6 nitrogen and oxygen atoms in total. The number of nitrogens with one attached hydrogen (secondary N) is 2. The summed E-state index contributed by atoms with van der Waals surface area (Å²) in [5.74, 6) is 0.858. The van der Waals surface area contributed by atoms with Crippen molar-refractivity contribution in [3.05, 3.63) is 42.1 Å². The SMILES string of the molecule is CC(C)c1ncc(S(=O)(=O)NC(c2ccccn2)C(C)C)[nH]1. The van der Waals surface area contributed by atoms with E-state index in [-0.39, 0.29) is 16.9 Å². The van der Waals surface area contributed by atoms with E-state index in [4.69, 9.17) is 0 Å². The summed E-state index contributed by atoms with van der Waals surface area (Å²) in [6.45, 7) is 7.81. The van der Waals surface area contributed by atoms with Crippen molar-refractivity contribution >= 4 is 10.0 Å². The van der Waals surface area contributed by atoms with Gasteiger partial charge in [0.1, 0.15) is 5.82 Å². The van der Waals surface area contributed by atoms with Crippen LogP contribution in [-0.4, -0.2) is 23.4 Å². The minimum Gasteiger partial charge on any atom is -0.332 e. The maximum Gasteiger partial charge on any atom is 0.258 e. The molecule has 2 aromatic heterocycles. The number of sulfonamides is 1. The molecule has 22 heavy (non-hydrogen) atoms. The number of hydrogen-bond acceptors (Lipinski definition) is 4. The molecule has 2 aromatic rings. The van der Waals surface area contributed by atoms with Gasteiger partial charge < -0.3 is 4.98 Å². The van der Waals surface area contributed by atoms with Crippen LogP contribution in [-0.2, 0) is 10.0 Å². The van der Waals surface area contributed by atoms with Crippen LogP contribution in [0.2, 0.25) is 0 Å². The Bertz CT molecular complexity index is 708. The molecule has 2 heterocycles. The third-order valence-electron chi connectivity index (χ3n) is 3.36. The molecule has 0 amide bonds. The Morgan fingerprint density at radius 3 is 2.36 bits per heavy atom. The van der Waals surface area contributed by atoms with E-state index in [1.54, 1.807) is 12.3 Å². The van der Waals surface area contributed by atoms with Gasteiger partial charge in [0.25, 0.3) is 10.0 Å². The van der Waals surface area contributed by atoms with E-state index in [1.807, 2.05) is 39.8 Å². The summed E-state index contributed by atoms with van der Waals surface area (Å²) in [7, 11) is -3.67. The number of imidazole rings is 1. The predicted octanol–water partition coefficient (Wildman–Crippen LogP) is 2.60. The smallest absolute Gasteiger partial charge is 0.258 e. The van der Waals surface area contributed by atoms with E-state index in [9.17, 15) is 8.42 Å². The minimum atomic E-state index is -3.67. The first kappa shape index (κ1) is 16.6. The Labute approximate surface area is 131 Å². The van der Waals surface area contributed by atoms with Crippen LogP contribution in [0.1, 0.15) is 51.2 Å². The highest BCUT2D eigenvalue weighted by Gasteiger charge is 2.26. The van der Waals surface area contributed by atoms with E-state index >= 15 is 0 Å². The Hall–Kier alpha value is -1.73. The summed E-state index contributed by atoms with van der Waals surface area (Å²) in [5, 5.41) is 0.0813. The van der Waals surface area contributed by atoms with E-state index in [0.29, 0.717) is 11.5 Å². The second-order valence-electron chi connectivity index (χ2n) is 5.88. The van der Waals surface area contributed by atoms with Gasteiger partial charge in [-0.2, -0.15) is 0 Å². The fraction of sp³-hybridized carbons (Fsp3) is 0.467. The molecule has 0 spiro atoms. The highest BCUT2D eigenvalue weighted by molar-refractivity contribution is 7.89. The Morgan fingerprint density at radius 1 is 1.14 bits per heavy atom. The van der Waals surface area contributed by atoms with E-state index in [2.05, 4.69) is 19.7 Å². The van der Waals surface area contributed by atoms with Gasteiger partial charge in [0.05, 0.1) is 17.9 Å². The molecule has 0 fully saturated rings. The Kier molecular flexibility index (Phi) is 4.97. The van der Waals surface area contributed by atoms with E-state index in [1.165, 1.54) is 6.20 Å². The van der Waals surface area contributed by atoms with Crippen molar-refractivity contribution in [2.24, 2.45) is 5.92 Å². The zero-order chi connectivity index (χ0) is 16.3. The summed E-state index contributed by atoms with van der Waals surface area (Å²) < 4.78 is 27.8. The van der Waals surface area contributed by atoms with Gasteiger partial charge in [-0.3, -0.25) is 4.98 Å². The van der Waals surface area contributed by atoms with Gasteiger partial charge in [-0.1, -0.05) is 33.8 Å². The topological polar surface area (TPSA) is 87.7 Å².